The van der Waals surface area contributed by atoms with E-state index < -0.39 is 30.8 Å². The minimum atomic E-state index is -4.55. The van der Waals surface area contributed by atoms with Gasteiger partial charge in [0.2, 0.25) is 5.91 Å². The van der Waals surface area contributed by atoms with Crippen LogP contribution in [-0.4, -0.2) is 51.8 Å². The maximum absolute atomic E-state index is 12.0. The Hall–Kier alpha value is -2.96. The van der Waals surface area contributed by atoms with Crippen molar-refractivity contribution in [2.24, 2.45) is 7.05 Å². The van der Waals surface area contributed by atoms with Gasteiger partial charge in [-0.15, -0.1) is 10.2 Å². The number of carbonyl (C=O) groups excluding carboxylic acids is 2. The Labute approximate surface area is 173 Å². The highest BCUT2D eigenvalue weighted by Crippen LogP contribution is 2.35. The van der Waals surface area contributed by atoms with Gasteiger partial charge in [-0.05, 0) is 12.1 Å². The molecule has 1 atom stereocenters. The summed E-state index contributed by atoms with van der Waals surface area (Å²) in [5.74, 6) is 1.34. The Morgan fingerprint density at radius 2 is 2.00 bits per heavy atom. The van der Waals surface area contributed by atoms with E-state index in [0.717, 1.165) is 0 Å². The molecule has 1 aliphatic heterocycles. The van der Waals surface area contributed by atoms with Gasteiger partial charge in [-0.3, -0.25) is 10.1 Å². The molecule has 0 saturated carbocycles. The number of amides is 3. The Kier molecular flexibility index (Phi) is 6.70. The first-order valence-electron chi connectivity index (χ1n) is 8.78. The number of aromatic nitrogens is 3. The number of fused-ring (bicyclic) bond motifs is 1. The van der Waals surface area contributed by atoms with Gasteiger partial charge in [0.25, 0.3) is 0 Å². The number of hydrogen-bond donors (Lipinski definition) is 2. The number of hydrogen-bond acceptors (Lipinski definition) is 7. The van der Waals surface area contributed by atoms with E-state index in [-0.39, 0.29) is 18.8 Å². The predicted octanol–water partition coefficient (Wildman–Crippen LogP) is 2.20. The number of alkyl halides is 3. The number of benzene rings is 1. The number of rotatable bonds is 6. The van der Waals surface area contributed by atoms with Crippen molar-refractivity contribution in [1.82, 2.24) is 25.4 Å². The van der Waals surface area contributed by atoms with E-state index in [1.807, 2.05) is 17.4 Å². The van der Waals surface area contributed by atoms with Crippen molar-refractivity contribution in [3.63, 3.8) is 0 Å². The SMILES string of the molecule is Cn1c(SCCC(=O)NC(=O)NCC(F)(F)F)nnc1C1COc2ccccc2O1. The Bertz CT molecular complexity index is 921. The largest absolute Gasteiger partial charge is 0.485 e. The van der Waals surface area contributed by atoms with Crippen molar-refractivity contribution in [1.29, 1.82) is 0 Å². The molecule has 13 heteroatoms. The van der Waals surface area contributed by atoms with Crippen LogP contribution in [0.25, 0.3) is 0 Å². The van der Waals surface area contributed by atoms with Gasteiger partial charge in [-0.1, -0.05) is 23.9 Å². The summed E-state index contributed by atoms with van der Waals surface area (Å²) in [6.45, 7) is -1.25. The summed E-state index contributed by atoms with van der Waals surface area (Å²) < 4.78 is 49.4. The summed E-state index contributed by atoms with van der Waals surface area (Å²) in [5, 5.41) is 12.1. The van der Waals surface area contributed by atoms with Crippen LogP contribution in [0.3, 0.4) is 0 Å². The van der Waals surface area contributed by atoms with E-state index in [4.69, 9.17) is 9.47 Å². The van der Waals surface area contributed by atoms with Gasteiger partial charge in [0.1, 0.15) is 13.2 Å². The number of urea groups is 1. The molecule has 2 heterocycles. The summed E-state index contributed by atoms with van der Waals surface area (Å²) >= 11 is 1.21. The molecule has 0 aliphatic carbocycles. The van der Waals surface area contributed by atoms with Crippen LogP contribution in [0, 0.1) is 0 Å². The fraction of sp³-hybridized carbons (Fsp3) is 0.412. The van der Waals surface area contributed by atoms with Gasteiger partial charge in [0.15, 0.2) is 28.6 Å². The van der Waals surface area contributed by atoms with Crippen LogP contribution in [0.5, 0.6) is 11.5 Å². The van der Waals surface area contributed by atoms with Gasteiger partial charge in [0, 0.05) is 19.2 Å². The zero-order valence-corrected chi connectivity index (χ0v) is 16.5. The molecule has 0 spiro atoms. The molecular weight excluding hydrogens is 427 g/mol. The predicted molar refractivity (Wildman–Crippen MR) is 99.2 cm³/mol. The topological polar surface area (TPSA) is 107 Å². The van der Waals surface area contributed by atoms with Crippen LogP contribution in [0.4, 0.5) is 18.0 Å². The summed E-state index contributed by atoms with van der Waals surface area (Å²) in [6, 6.07) is 6.07. The van der Waals surface area contributed by atoms with Gasteiger partial charge in [0.05, 0.1) is 0 Å². The van der Waals surface area contributed by atoms with E-state index in [1.165, 1.54) is 11.8 Å². The molecule has 0 radical (unpaired) electrons. The Balaban J connectivity index is 1.47. The average molecular weight is 445 g/mol. The van der Waals surface area contributed by atoms with Crippen LogP contribution in [-0.2, 0) is 11.8 Å². The number of imide groups is 1. The molecule has 2 N–H and O–H groups in total. The van der Waals surface area contributed by atoms with Crippen LogP contribution in [0.15, 0.2) is 29.4 Å². The minimum Gasteiger partial charge on any atom is -0.485 e. The van der Waals surface area contributed by atoms with Crippen molar-refractivity contribution in [2.45, 2.75) is 23.9 Å². The number of nitrogens with one attached hydrogen (secondary N) is 2. The van der Waals surface area contributed by atoms with E-state index in [9.17, 15) is 22.8 Å². The number of nitrogens with zero attached hydrogens (tertiary/aromatic N) is 3. The lowest BCUT2D eigenvalue weighted by Crippen LogP contribution is -2.43. The molecule has 3 rings (SSSR count). The highest BCUT2D eigenvalue weighted by molar-refractivity contribution is 7.99. The van der Waals surface area contributed by atoms with Gasteiger partial charge in [-0.2, -0.15) is 13.2 Å². The number of thioether (sulfide) groups is 1. The smallest absolute Gasteiger partial charge is 0.405 e. The molecule has 0 fully saturated rings. The fourth-order valence-corrected chi connectivity index (χ4v) is 3.38. The molecular formula is C17H18F3N5O4S. The molecule has 1 aromatic carbocycles. The lowest BCUT2D eigenvalue weighted by atomic mass is 10.2. The summed E-state index contributed by atoms with van der Waals surface area (Å²) in [4.78, 5) is 22.9. The maximum atomic E-state index is 12.0. The molecule has 1 unspecified atom stereocenters. The molecule has 1 aliphatic rings. The maximum Gasteiger partial charge on any atom is 0.405 e. The Morgan fingerprint density at radius 1 is 1.27 bits per heavy atom. The number of ether oxygens (including phenoxy) is 2. The minimum absolute atomic E-state index is 0.0945. The second kappa shape index (κ2) is 9.24. The fourth-order valence-electron chi connectivity index (χ4n) is 2.53. The first-order chi connectivity index (χ1) is 14.2. The van der Waals surface area contributed by atoms with E-state index in [0.29, 0.717) is 22.5 Å². The normalized spacial score (nSPS) is 15.5. The van der Waals surface area contributed by atoms with Crippen molar-refractivity contribution >= 4 is 23.7 Å². The van der Waals surface area contributed by atoms with Gasteiger partial charge >= 0.3 is 12.2 Å². The zero-order valence-electron chi connectivity index (χ0n) is 15.7. The highest BCUT2D eigenvalue weighted by atomic mass is 32.2. The molecule has 3 amide bonds. The van der Waals surface area contributed by atoms with Gasteiger partial charge < -0.3 is 19.4 Å². The average Bonchev–Trinajstić information content (AvgIpc) is 3.06. The third-order valence-corrected chi connectivity index (χ3v) is 4.95. The van der Waals surface area contributed by atoms with Crippen LogP contribution < -0.4 is 20.1 Å². The summed E-state index contributed by atoms with van der Waals surface area (Å²) in [5.41, 5.74) is 0. The van der Waals surface area contributed by atoms with Crippen molar-refractivity contribution in [3.05, 3.63) is 30.1 Å². The lowest BCUT2D eigenvalue weighted by molar-refractivity contribution is -0.124. The van der Waals surface area contributed by atoms with Crippen molar-refractivity contribution in [3.8, 4) is 11.5 Å². The number of halogens is 3. The van der Waals surface area contributed by atoms with E-state index in [2.05, 4.69) is 10.2 Å². The quantitative estimate of drug-likeness (QED) is 0.657. The first kappa shape index (κ1) is 21.7. The van der Waals surface area contributed by atoms with Crippen LogP contribution in [0.1, 0.15) is 18.3 Å². The monoisotopic (exact) mass is 445 g/mol. The molecule has 162 valence electrons. The molecule has 1 aromatic heterocycles. The summed E-state index contributed by atoms with van der Waals surface area (Å²) in [6.07, 6.45) is -5.09. The van der Waals surface area contributed by atoms with Gasteiger partial charge in [-0.25, -0.2) is 4.79 Å². The zero-order chi connectivity index (χ0) is 21.7. The molecule has 30 heavy (non-hydrogen) atoms. The van der Waals surface area contributed by atoms with Crippen molar-refractivity contribution < 1.29 is 32.2 Å². The van der Waals surface area contributed by atoms with Crippen LogP contribution >= 0.6 is 11.8 Å². The van der Waals surface area contributed by atoms with E-state index in [1.54, 1.807) is 29.1 Å². The number of carbonyl (C=O) groups is 2. The standard InChI is InChI=1S/C17H18F3N5O4S/c1-25-14(12-8-28-10-4-2-3-5-11(10)29-12)23-24-16(25)30-7-6-13(26)22-15(27)21-9-17(18,19)20/h2-5,12H,6-9H2,1H3,(H2,21,22,26,27). The molecule has 2 aromatic rings. The molecule has 0 saturated heterocycles. The van der Waals surface area contributed by atoms with Crippen molar-refractivity contribution in [2.75, 3.05) is 18.9 Å². The Morgan fingerprint density at radius 3 is 2.73 bits per heavy atom. The third kappa shape index (κ3) is 5.78. The lowest BCUT2D eigenvalue weighted by Gasteiger charge is -2.25. The highest BCUT2D eigenvalue weighted by Gasteiger charge is 2.28. The second-order valence-electron chi connectivity index (χ2n) is 6.21. The third-order valence-electron chi connectivity index (χ3n) is 3.93. The first-order valence-corrected chi connectivity index (χ1v) is 9.76. The number of para-hydroxylation sites is 2. The molecule has 0 bridgehead atoms. The molecule has 9 nitrogen and oxygen atoms in total. The summed E-state index contributed by atoms with van der Waals surface area (Å²) in [7, 11) is 1.74. The van der Waals surface area contributed by atoms with E-state index >= 15 is 0 Å². The van der Waals surface area contributed by atoms with Crippen LogP contribution in [0.2, 0.25) is 0 Å². The second-order valence-corrected chi connectivity index (χ2v) is 7.27.